The van der Waals surface area contributed by atoms with Gasteiger partial charge in [0.15, 0.2) is 18.2 Å². The van der Waals surface area contributed by atoms with Gasteiger partial charge in [-0.25, -0.2) is 0 Å². The van der Waals surface area contributed by atoms with Crippen LogP contribution in [-0.2, 0) is 47.6 Å². The summed E-state index contributed by atoms with van der Waals surface area (Å²) >= 11 is 0. The van der Waals surface area contributed by atoms with Gasteiger partial charge in [0.1, 0.15) is 25.4 Å². The number of aliphatic hydroxyl groups excluding tert-OH is 2. The Bertz CT molecular complexity index is 737. The molecule has 0 aliphatic carbocycles. The minimum absolute atomic E-state index is 0.0804. The average molecular weight is 491 g/mol. The molecule has 1 aliphatic rings. The minimum Gasteiger partial charge on any atom is -0.505 e. The van der Waals surface area contributed by atoms with Crippen LogP contribution in [0.25, 0.3) is 0 Å². The van der Waals surface area contributed by atoms with E-state index in [2.05, 4.69) is 5.32 Å². The number of hydrogen-bond acceptors (Lipinski definition) is 12. The third-order valence-electron chi connectivity index (χ3n) is 4.53. The molecule has 13 heteroatoms. The fourth-order valence-corrected chi connectivity index (χ4v) is 3.11. The highest BCUT2D eigenvalue weighted by Crippen LogP contribution is 2.27. The molecule has 0 aromatic heterocycles. The Kier molecular flexibility index (Phi) is 12.9. The molecule has 3 N–H and O–H groups in total. The standard InChI is InChI=1S/C21H33NO12/c1-12(24)31-11-17-20(33-14(3)26)16(32-13(2)25)9-19(34-17)30-8-6-5-7-18(28)22-21(29-4)15(27)10-23/h16-17,19-20,23,27H,5-11H2,1-4H3,(H,22,28)/b21-15-. The first-order valence-electron chi connectivity index (χ1n) is 10.7. The molecule has 34 heavy (non-hydrogen) atoms. The van der Waals surface area contributed by atoms with Gasteiger partial charge < -0.3 is 38.6 Å². The third kappa shape index (κ3) is 10.8. The fraction of sp³-hybridized carbons (Fsp3) is 0.714. The van der Waals surface area contributed by atoms with E-state index in [1.54, 1.807) is 0 Å². The first-order chi connectivity index (χ1) is 16.1. The summed E-state index contributed by atoms with van der Waals surface area (Å²) < 4.78 is 31.8. The fourth-order valence-electron chi connectivity index (χ4n) is 3.11. The molecule has 0 radical (unpaired) electrons. The number of carbonyl (C=O) groups excluding carboxylic acids is 4. The zero-order chi connectivity index (χ0) is 25.7. The molecule has 13 nitrogen and oxygen atoms in total. The van der Waals surface area contributed by atoms with Crippen molar-refractivity contribution in [3.05, 3.63) is 11.6 Å². The van der Waals surface area contributed by atoms with Gasteiger partial charge in [-0.1, -0.05) is 0 Å². The summed E-state index contributed by atoms with van der Waals surface area (Å²) in [5.41, 5.74) is 0. The van der Waals surface area contributed by atoms with E-state index in [-0.39, 0.29) is 31.9 Å². The molecule has 1 heterocycles. The molecule has 4 unspecified atom stereocenters. The molecule has 1 saturated heterocycles. The first kappa shape index (κ1) is 29.1. The van der Waals surface area contributed by atoms with E-state index in [4.69, 9.17) is 33.5 Å². The van der Waals surface area contributed by atoms with Crippen molar-refractivity contribution in [1.82, 2.24) is 5.32 Å². The Morgan fingerprint density at radius 1 is 1.03 bits per heavy atom. The van der Waals surface area contributed by atoms with E-state index in [0.717, 1.165) is 0 Å². The highest BCUT2D eigenvalue weighted by atomic mass is 16.7. The Hall–Kier alpha value is -2.90. The van der Waals surface area contributed by atoms with Gasteiger partial charge in [0, 0.05) is 40.2 Å². The van der Waals surface area contributed by atoms with Crippen LogP contribution in [0.15, 0.2) is 11.6 Å². The lowest BCUT2D eigenvalue weighted by Gasteiger charge is -2.39. The van der Waals surface area contributed by atoms with Gasteiger partial charge in [0.05, 0.1) is 7.11 Å². The van der Waals surface area contributed by atoms with Crippen LogP contribution >= 0.6 is 0 Å². The maximum atomic E-state index is 11.9. The van der Waals surface area contributed by atoms with Gasteiger partial charge in [-0.3, -0.25) is 24.5 Å². The summed E-state index contributed by atoms with van der Waals surface area (Å²) in [6, 6.07) is 0. The normalized spacial score (nSPS) is 22.7. The number of methoxy groups -OCH3 is 1. The lowest BCUT2D eigenvalue weighted by atomic mass is 10.0. The zero-order valence-electron chi connectivity index (χ0n) is 19.7. The number of rotatable bonds is 13. The second-order valence-electron chi connectivity index (χ2n) is 7.38. The number of unbranched alkanes of at least 4 members (excludes halogenated alkanes) is 1. The summed E-state index contributed by atoms with van der Waals surface area (Å²) in [5.74, 6) is -2.91. The van der Waals surface area contributed by atoms with Crippen LogP contribution in [0.1, 0.15) is 46.5 Å². The topological polar surface area (TPSA) is 176 Å². The Balaban J connectivity index is 2.62. The average Bonchev–Trinajstić information content (AvgIpc) is 2.76. The number of nitrogens with one attached hydrogen (secondary N) is 1. The molecule has 0 bridgehead atoms. The van der Waals surface area contributed by atoms with Gasteiger partial charge in [-0.05, 0) is 12.8 Å². The maximum absolute atomic E-state index is 11.9. The Labute approximate surface area is 197 Å². The van der Waals surface area contributed by atoms with Crippen molar-refractivity contribution >= 4 is 23.8 Å². The van der Waals surface area contributed by atoms with E-state index in [0.29, 0.717) is 12.8 Å². The molecule has 0 aromatic rings. The van der Waals surface area contributed by atoms with Crippen LogP contribution in [0, 0.1) is 0 Å². The van der Waals surface area contributed by atoms with E-state index >= 15 is 0 Å². The van der Waals surface area contributed by atoms with Gasteiger partial charge >= 0.3 is 17.9 Å². The molecule has 0 spiro atoms. The quantitative estimate of drug-likeness (QED) is 0.138. The SMILES string of the molecule is CO/C(NC(=O)CCCCOC1CC(OC(C)=O)C(OC(C)=O)C(COC(C)=O)O1)=C(\O)CO. The maximum Gasteiger partial charge on any atom is 0.303 e. The lowest BCUT2D eigenvalue weighted by molar-refractivity contribution is -0.266. The van der Waals surface area contributed by atoms with E-state index in [1.165, 1.54) is 27.9 Å². The second kappa shape index (κ2) is 15.1. The number of hydrogen-bond donors (Lipinski definition) is 3. The van der Waals surface area contributed by atoms with Gasteiger partial charge in [0.25, 0.3) is 0 Å². The van der Waals surface area contributed by atoms with Crippen LogP contribution in [0.3, 0.4) is 0 Å². The molecular formula is C21H33NO12. The molecule has 0 aromatic carbocycles. The number of ether oxygens (including phenoxy) is 6. The van der Waals surface area contributed by atoms with Crippen molar-refractivity contribution in [3.8, 4) is 0 Å². The summed E-state index contributed by atoms with van der Waals surface area (Å²) in [4.78, 5) is 46.2. The van der Waals surface area contributed by atoms with E-state index in [1.807, 2.05) is 0 Å². The van der Waals surface area contributed by atoms with E-state index < -0.39 is 60.8 Å². The van der Waals surface area contributed by atoms with Crippen molar-refractivity contribution in [2.45, 2.75) is 71.1 Å². The van der Waals surface area contributed by atoms with Crippen molar-refractivity contribution in [2.24, 2.45) is 0 Å². The van der Waals surface area contributed by atoms with Crippen LogP contribution in [0.2, 0.25) is 0 Å². The van der Waals surface area contributed by atoms with Gasteiger partial charge in [0.2, 0.25) is 11.8 Å². The number of carbonyl (C=O) groups is 4. The molecule has 1 amide bonds. The molecule has 1 rings (SSSR count). The van der Waals surface area contributed by atoms with Crippen molar-refractivity contribution < 1.29 is 57.8 Å². The number of amides is 1. The lowest BCUT2D eigenvalue weighted by Crippen LogP contribution is -2.54. The largest absolute Gasteiger partial charge is 0.505 e. The summed E-state index contributed by atoms with van der Waals surface area (Å²) in [6.45, 7) is 2.91. The summed E-state index contributed by atoms with van der Waals surface area (Å²) in [7, 11) is 1.24. The van der Waals surface area contributed by atoms with Crippen LogP contribution in [-0.4, -0.2) is 85.6 Å². The molecule has 0 saturated carbocycles. The number of aliphatic hydroxyl groups is 2. The number of esters is 3. The van der Waals surface area contributed by atoms with E-state index in [9.17, 15) is 24.3 Å². The molecule has 194 valence electrons. The Morgan fingerprint density at radius 2 is 1.71 bits per heavy atom. The zero-order valence-corrected chi connectivity index (χ0v) is 19.7. The highest BCUT2D eigenvalue weighted by Gasteiger charge is 2.44. The molecule has 4 atom stereocenters. The summed E-state index contributed by atoms with van der Waals surface area (Å²) in [5, 5.41) is 20.6. The minimum atomic E-state index is -0.984. The molecule has 1 fully saturated rings. The van der Waals surface area contributed by atoms with Crippen molar-refractivity contribution in [2.75, 3.05) is 26.9 Å². The van der Waals surface area contributed by atoms with Crippen LogP contribution in [0.5, 0.6) is 0 Å². The first-order valence-corrected chi connectivity index (χ1v) is 10.7. The summed E-state index contributed by atoms with van der Waals surface area (Å²) in [6.07, 6.45) is -2.54. The highest BCUT2D eigenvalue weighted by molar-refractivity contribution is 5.77. The van der Waals surface area contributed by atoms with Crippen LogP contribution < -0.4 is 5.32 Å². The van der Waals surface area contributed by atoms with Crippen molar-refractivity contribution in [1.29, 1.82) is 0 Å². The van der Waals surface area contributed by atoms with Gasteiger partial charge in [-0.2, -0.15) is 0 Å². The smallest absolute Gasteiger partial charge is 0.303 e. The predicted octanol–water partition coefficient (Wildman–Crippen LogP) is 0.197. The second-order valence-corrected chi connectivity index (χ2v) is 7.38. The van der Waals surface area contributed by atoms with Gasteiger partial charge in [-0.15, -0.1) is 0 Å². The predicted molar refractivity (Wildman–Crippen MR) is 113 cm³/mol. The molecule has 1 aliphatic heterocycles. The third-order valence-corrected chi connectivity index (χ3v) is 4.53. The van der Waals surface area contributed by atoms with Crippen molar-refractivity contribution in [3.63, 3.8) is 0 Å². The molecular weight excluding hydrogens is 458 g/mol. The Morgan fingerprint density at radius 3 is 2.26 bits per heavy atom. The monoisotopic (exact) mass is 491 g/mol. The van der Waals surface area contributed by atoms with Crippen LogP contribution in [0.4, 0.5) is 0 Å².